The molecule has 1 aromatic carbocycles. The van der Waals surface area contributed by atoms with E-state index in [9.17, 15) is 29.4 Å². The lowest BCUT2D eigenvalue weighted by molar-refractivity contribution is -0.156. The van der Waals surface area contributed by atoms with Gasteiger partial charge in [-0.05, 0) is 31.0 Å². The number of benzene rings is 1. The number of nitrogens with zero attached hydrogens (tertiary/aromatic N) is 1. The molecule has 3 rings (SSSR count). The number of nitrogens with one attached hydrogen (secondary N) is 1. The third-order valence-corrected chi connectivity index (χ3v) is 6.13. The van der Waals surface area contributed by atoms with Crippen LogP contribution in [0.4, 0.5) is 0 Å². The third kappa shape index (κ3) is 3.18. The Labute approximate surface area is 174 Å². The highest BCUT2D eigenvalue weighted by atomic mass is 16.5. The molecule has 5 atom stereocenters. The van der Waals surface area contributed by atoms with E-state index in [1.54, 1.807) is 12.1 Å². The number of rotatable bonds is 7. The third-order valence-electron chi connectivity index (χ3n) is 6.13. The summed E-state index contributed by atoms with van der Waals surface area (Å²) in [7, 11) is 1.26. The molecule has 2 amide bonds. The van der Waals surface area contributed by atoms with E-state index in [2.05, 4.69) is 10.1 Å². The van der Waals surface area contributed by atoms with E-state index in [0.29, 0.717) is 17.5 Å². The van der Waals surface area contributed by atoms with Crippen LogP contribution in [-0.2, 0) is 19.1 Å². The summed E-state index contributed by atoms with van der Waals surface area (Å²) < 4.78 is 4.68. The number of esters is 1. The number of aliphatic carboxylic acids is 1. The van der Waals surface area contributed by atoms with Crippen molar-refractivity contribution in [3.05, 3.63) is 35.4 Å². The highest BCUT2D eigenvalue weighted by Crippen LogP contribution is 2.50. The fraction of sp³-hybridized carbons (Fsp3) is 0.524. The maximum absolute atomic E-state index is 13.2. The molecule has 2 aliphatic heterocycles. The van der Waals surface area contributed by atoms with Gasteiger partial charge in [-0.1, -0.05) is 25.5 Å². The van der Waals surface area contributed by atoms with Gasteiger partial charge in [0.25, 0.3) is 0 Å². The summed E-state index contributed by atoms with van der Waals surface area (Å²) in [5.74, 6) is -5.14. The number of carbonyl (C=O) groups excluding carboxylic acids is 3. The topological polar surface area (TPSA) is 133 Å². The Morgan fingerprint density at radius 1 is 1.23 bits per heavy atom. The smallest absolute Gasteiger partial charge is 0.337 e. The summed E-state index contributed by atoms with van der Waals surface area (Å²) >= 11 is 0. The second-order valence-electron chi connectivity index (χ2n) is 7.77. The molecule has 0 spiro atoms. The number of imide groups is 1. The number of hydrogen-bond donors (Lipinski definition) is 3. The van der Waals surface area contributed by atoms with E-state index in [0.717, 1.165) is 11.3 Å². The van der Waals surface area contributed by atoms with Gasteiger partial charge in [-0.25, -0.2) is 4.79 Å². The largest absolute Gasteiger partial charge is 0.480 e. The number of ether oxygens (including phenoxy) is 1. The van der Waals surface area contributed by atoms with Crippen LogP contribution in [0.25, 0.3) is 0 Å². The van der Waals surface area contributed by atoms with Crippen LogP contribution in [0.3, 0.4) is 0 Å². The molecule has 0 aliphatic carbocycles. The Balaban J connectivity index is 2.07. The second-order valence-corrected chi connectivity index (χ2v) is 7.77. The molecule has 162 valence electrons. The predicted octanol–water partition coefficient (Wildman–Crippen LogP) is 0.723. The first kappa shape index (κ1) is 21.9. The van der Waals surface area contributed by atoms with E-state index in [1.165, 1.54) is 26.2 Å². The molecule has 5 unspecified atom stereocenters. The summed E-state index contributed by atoms with van der Waals surface area (Å²) in [5.41, 5.74) is -1.15. The molecule has 1 aromatic rings. The molecular weight excluding hydrogens is 392 g/mol. The first-order chi connectivity index (χ1) is 14.2. The van der Waals surface area contributed by atoms with Crippen molar-refractivity contribution >= 4 is 23.8 Å². The Kier molecular flexibility index (Phi) is 5.96. The van der Waals surface area contributed by atoms with E-state index in [1.807, 2.05) is 6.92 Å². The van der Waals surface area contributed by atoms with Crippen LogP contribution in [0.5, 0.6) is 0 Å². The van der Waals surface area contributed by atoms with Crippen LogP contribution in [0.1, 0.15) is 48.7 Å². The van der Waals surface area contributed by atoms with Crippen molar-refractivity contribution in [2.45, 2.75) is 44.4 Å². The summed E-state index contributed by atoms with van der Waals surface area (Å²) in [6.07, 6.45) is -0.0501. The number of aliphatic hydroxyl groups is 1. The van der Waals surface area contributed by atoms with Crippen LogP contribution in [0, 0.1) is 11.8 Å². The second kappa shape index (κ2) is 8.16. The first-order valence-corrected chi connectivity index (χ1v) is 9.93. The molecule has 2 saturated heterocycles. The van der Waals surface area contributed by atoms with Gasteiger partial charge < -0.3 is 14.9 Å². The number of hydrogen-bond acceptors (Lipinski definition) is 7. The number of carbonyl (C=O) groups is 4. The number of aliphatic hydroxyl groups excluding tert-OH is 1. The Bertz CT molecular complexity index is 867. The molecule has 9 nitrogen and oxygen atoms in total. The quantitative estimate of drug-likeness (QED) is 0.436. The predicted molar refractivity (Wildman–Crippen MR) is 104 cm³/mol. The van der Waals surface area contributed by atoms with Gasteiger partial charge in [0.05, 0.1) is 30.6 Å². The Morgan fingerprint density at radius 2 is 1.87 bits per heavy atom. The normalized spacial score (nSPS) is 29.1. The summed E-state index contributed by atoms with van der Waals surface area (Å²) in [6.45, 7) is 3.44. The van der Waals surface area contributed by atoms with E-state index < -0.39 is 53.3 Å². The maximum atomic E-state index is 13.2. The van der Waals surface area contributed by atoms with Crippen LogP contribution >= 0.6 is 0 Å². The van der Waals surface area contributed by atoms with Crippen molar-refractivity contribution < 1.29 is 34.1 Å². The molecule has 9 heteroatoms. The van der Waals surface area contributed by atoms with Crippen molar-refractivity contribution in [1.82, 2.24) is 10.2 Å². The molecule has 0 bridgehead atoms. The summed E-state index contributed by atoms with van der Waals surface area (Å²) in [5, 5.41) is 23.3. The van der Waals surface area contributed by atoms with E-state index in [4.69, 9.17) is 0 Å². The van der Waals surface area contributed by atoms with Crippen molar-refractivity contribution in [2.24, 2.45) is 11.8 Å². The van der Waals surface area contributed by atoms with Crippen molar-refractivity contribution in [2.75, 3.05) is 13.7 Å². The van der Waals surface area contributed by atoms with Gasteiger partial charge in [-0.15, -0.1) is 0 Å². The summed E-state index contributed by atoms with van der Waals surface area (Å²) in [6, 6.07) is 5.39. The number of methoxy groups -OCH3 is 1. The Hall–Kier alpha value is -2.78. The molecule has 2 aliphatic rings. The van der Waals surface area contributed by atoms with Crippen molar-refractivity contribution in [1.29, 1.82) is 0 Å². The molecule has 30 heavy (non-hydrogen) atoms. The summed E-state index contributed by atoms with van der Waals surface area (Å²) in [4.78, 5) is 51.4. The SMILES string of the molecule is CCCCN1C(=O)C2C(c3ccc(C(=O)OC)cc3)NC(C(=O)O)(C(C)O)C2C1=O. The monoisotopic (exact) mass is 418 g/mol. The van der Waals surface area contributed by atoms with Gasteiger partial charge in [0.15, 0.2) is 5.54 Å². The Morgan fingerprint density at radius 3 is 2.37 bits per heavy atom. The minimum Gasteiger partial charge on any atom is -0.480 e. The van der Waals surface area contributed by atoms with Crippen LogP contribution in [0.15, 0.2) is 24.3 Å². The number of likely N-dealkylation sites (tertiary alicyclic amines) is 1. The molecule has 0 radical (unpaired) electrons. The number of carboxylic acid groups (broad SMARTS) is 1. The lowest BCUT2D eigenvalue weighted by Crippen LogP contribution is -2.62. The molecular formula is C21H26N2O7. The van der Waals surface area contributed by atoms with Gasteiger partial charge in [-0.3, -0.25) is 24.6 Å². The zero-order valence-electron chi connectivity index (χ0n) is 17.1. The van der Waals surface area contributed by atoms with Gasteiger partial charge in [0, 0.05) is 12.6 Å². The fourth-order valence-electron chi connectivity index (χ4n) is 4.53. The minimum atomic E-state index is -2.00. The number of fused-ring (bicyclic) bond motifs is 1. The minimum absolute atomic E-state index is 0.213. The van der Waals surface area contributed by atoms with E-state index in [-0.39, 0.29) is 6.54 Å². The van der Waals surface area contributed by atoms with Crippen molar-refractivity contribution in [3.63, 3.8) is 0 Å². The van der Waals surface area contributed by atoms with Crippen LogP contribution in [-0.4, -0.2) is 64.2 Å². The highest BCUT2D eigenvalue weighted by Gasteiger charge is 2.70. The number of carboxylic acids is 1. The first-order valence-electron chi connectivity index (χ1n) is 9.93. The zero-order chi connectivity index (χ0) is 22.2. The standard InChI is InChI=1S/C21H26N2O7/c1-4-5-10-23-17(25)14-15(18(23)26)21(11(2)24,20(28)29)22-16(14)12-6-8-13(9-7-12)19(27)30-3/h6-9,11,14-16,22,24H,4-5,10H2,1-3H3,(H,28,29). The molecule has 2 fully saturated rings. The van der Waals surface area contributed by atoms with Gasteiger partial charge in [0.2, 0.25) is 11.8 Å². The average molecular weight is 418 g/mol. The number of amides is 2. The zero-order valence-corrected chi connectivity index (χ0v) is 17.1. The van der Waals surface area contributed by atoms with Gasteiger partial charge in [0.1, 0.15) is 0 Å². The molecule has 2 heterocycles. The molecule has 0 aromatic heterocycles. The van der Waals surface area contributed by atoms with Crippen molar-refractivity contribution in [3.8, 4) is 0 Å². The number of unbranched alkanes of at least 4 members (excludes halogenated alkanes) is 1. The maximum Gasteiger partial charge on any atom is 0.337 e. The molecule has 0 saturated carbocycles. The molecule has 3 N–H and O–H groups in total. The van der Waals surface area contributed by atoms with Gasteiger partial charge in [-0.2, -0.15) is 0 Å². The lowest BCUT2D eigenvalue weighted by atomic mass is 9.76. The van der Waals surface area contributed by atoms with Crippen LogP contribution in [0.2, 0.25) is 0 Å². The van der Waals surface area contributed by atoms with Gasteiger partial charge >= 0.3 is 11.9 Å². The van der Waals surface area contributed by atoms with Crippen LogP contribution < -0.4 is 5.32 Å². The lowest BCUT2D eigenvalue weighted by Gasteiger charge is -2.33. The average Bonchev–Trinajstić information content (AvgIpc) is 3.21. The fourth-order valence-corrected chi connectivity index (χ4v) is 4.53. The van der Waals surface area contributed by atoms with E-state index >= 15 is 0 Å². The highest BCUT2D eigenvalue weighted by molar-refractivity contribution is 6.09.